The van der Waals surface area contributed by atoms with Gasteiger partial charge in [-0.05, 0) is 25.7 Å². The molecule has 4 heteroatoms. The van der Waals surface area contributed by atoms with Crippen molar-refractivity contribution in [1.29, 1.82) is 0 Å². The van der Waals surface area contributed by atoms with Crippen molar-refractivity contribution in [3.8, 4) is 5.75 Å². The number of aromatic nitrogens is 2. The first-order valence-electron chi connectivity index (χ1n) is 5.56. The van der Waals surface area contributed by atoms with E-state index in [1.807, 2.05) is 0 Å². The van der Waals surface area contributed by atoms with E-state index in [2.05, 4.69) is 9.97 Å². The first kappa shape index (κ1) is 10.4. The third kappa shape index (κ3) is 2.89. The maximum Gasteiger partial charge on any atom is 0.156 e. The third-order valence-electron chi connectivity index (χ3n) is 2.72. The molecule has 1 aromatic rings. The predicted octanol–water partition coefficient (Wildman–Crippen LogP) is 1.65. The van der Waals surface area contributed by atoms with Crippen LogP contribution < -0.4 is 10.5 Å². The van der Waals surface area contributed by atoms with Crippen molar-refractivity contribution in [2.75, 3.05) is 0 Å². The molecule has 4 nitrogen and oxygen atoms in total. The quantitative estimate of drug-likeness (QED) is 0.818. The number of hydrogen-bond acceptors (Lipinski definition) is 4. The topological polar surface area (TPSA) is 61.0 Å². The molecule has 1 fully saturated rings. The maximum atomic E-state index is 5.79. The van der Waals surface area contributed by atoms with Crippen LogP contribution in [0.5, 0.6) is 5.75 Å². The smallest absolute Gasteiger partial charge is 0.156 e. The van der Waals surface area contributed by atoms with Gasteiger partial charge < -0.3 is 10.5 Å². The Kier molecular flexibility index (Phi) is 3.50. The molecular formula is C11H17N3O. The van der Waals surface area contributed by atoms with Crippen LogP contribution in [0.25, 0.3) is 0 Å². The lowest BCUT2D eigenvalue weighted by Crippen LogP contribution is -2.19. The predicted molar refractivity (Wildman–Crippen MR) is 57.4 cm³/mol. The van der Waals surface area contributed by atoms with E-state index < -0.39 is 0 Å². The summed E-state index contributed by atoms with van der Waals surface area (Å²) in [4.78, 5) is 8.20. The van der Waals surface area contributed by atoms with E-state index in [1.165, 1.54) is 19.3 Å². The Morgan fingerprint density at radius 3 is 2.47 bits per heavy atom. The minimum atomic E-state index is 0.353. The Balaban J connectivity index is 1.91. The van der Waals surface area contributed by atoms with E-state index in [0.717, 1.165) is 18.6 Å². The highest BCUT2D eigenvalue weighted by atomic mass is 16.5. The highest BCUT2D eigenvalue weighted by Crippen LogP contribution is 2.22. The van der Waals surface area contributed by atoms with Crippen molar-refractivity contribution in [3.05, 3.63) is 18.2 Å². The van der Waals surface area contributed by atoms with E-state index in [0.29, 0.717) is 18.5 Å². The largest absolute Gasteiger partial charge is 0.487 e. The lowest BCUT2D eigenvalue weighted by Gasteiger charge is -2.22. The zero-order valence-electron chi connectivity index (χ0n) is 8.85. The van der Waals surface area contributed by atoms with Gasteiger partial charge in [-0.25, -0.2) is 9.97 Å². The van der Waals surface area contributed by atoms with Gasteiger partial charge in [-0.2, -0.15) is 0 Å². The molecule has 2 rings (SSSR count). The molecule has 0 aromatic carbocycles. The van der Waals surface area contributed by atoms with Crippen LogP contribution in [0.1, 0.15) is 37.9 Å². The van der Waals surface area contributed by atoms with Crippen molar-refractivity contribution in [2.45, 2.75) is 44.8 Å². The second kappa shape index (κ2) is 5.07. The van der Waals surface area contributed by atoms with Crippen LogP contribution in [0.2, 0.25) is 0 Å². The van der Waals surface area contributed by atoms with Gasteiger partial charge >= 0.3 is 0 Å². The van der Waals surface area contributed by atoms with Gasteiger partial charge in [-0.15, -0.1) is 0 Å². The number of nitrogens with two attached hydrogens (primary N) is 1. The summed E-state index contributed by atoms with van der Waals surface area (Å²) in [6.07, 6.45) is 9.96. The fourth-order valence-electron chi connectivity index (χ4n) is 1.88. The van der Waals surface area contributed by atoms with E-state index in [1.54, 1.807) is 12.4 Å². The minimum absolute atomic E-state index is 0.353. The normalized spacial score (nSPS) is 17.7. The number of rotatable bonds is 3. The van der Waals surface area contributed by atoms with Gasteiger partial charge in [0.25, 0.3) is 0 Å². The Hall–Kier alpha value is -1.16. The van der Waals surface area contributed by atoms with E-state index in [9.17, 15) is 0 Å². The van der Waals surface area contributed by atoms with Crippen molar-refractivity contribution in [1.82, 2.24) is 9.97 Å². The van der Waals surface area contributed by atoms with Crippen molar-refractivity contribution in [3.63, 3.8) is 0 Å². The number of nitrogens with zero attached hydrogens (tertiary/aromatic N) is 2. The second-order valence-corrected chi connectivity index (χ2v) is 3.92. The average molecular weight is 207 g/mol. The molecule has 1 saturated carbocycles. The first-order valence-corrected chi connectivity index (χ1v) is 5.56. The number of hydrogen-bond donors (Lipinski definition) is 1. The summed E-state index contributed by atoms with van der Waals surface area (Å²) in [5.41, 5.74) is 5.42. The molecule has 1 aliphatic carbocycles. The van der Waals surface area contributed by atoms with Crippen LogP contribution in [0.15, 0.2) is 12.4 Å². The van der Waals surface area contributed by atoms with Gasteiger partial charge in [0.05, 0.1) is 25.0 Å². The van der Waals surface area contributed by atoms with Crippen LogP contribution in [-0.2, 0) is 6.54 Å². The van der Waals surface area contributed by atoms with Crippen molar-refractivity contribution < 1.29 is 4.74 Å². The second-order valence-electron chi connectivity index (χ2n) is 3.92. The van der Waals surface area contributed by atoms with E-state index >= 15 is 0 Å². The standard InChI is InChI=1S/C11H17N3O/c12-6-11-13-7-10(8-14-11)15-9-4-2-1-3-5-9/h7-9H,1-6,12H2. The van der Waals surface area contributed by atoms with Crippen molar-refractivity contribution in [2.24, 2.45) is 5.73 Å². The Bertz CT molecular complexity index is 293. The molecule has 15 heavy (non-hydrogen) atoms. The monoisotopic (exact) mass is 207 g/mol. The summed E-state index contributed by atoms with van der Waals surface area (Å²) in [6, 6.07) is 0. The van der Waals surface area contributed by atoms with E-state index in [4.69, 9.17) is 10.5 Å². The minimum Gasteiger partial charge on any atom is -0.487 e. The Morgan fingerprint density at radius 1 is 1.20 bits per heavy atom. The molecule has 0 unspecified atom stereocenters. The molecule has 0 radical (unpaired) electrons. The van der Waals surface area contributed by atoms with Crippen LogP contribution in [0.3, 0.4) is 0 Å². The van der Waals surface area contributed by atoms with Crippen molar-refractivity contribution >= 4 is 0 Å². The fourth-order valence-corrected chi connectivity index (χ4v) is 1.88. The van der Waals surface area contributed by atoms with Crippen LogP contribution in [0, 0.1) is 0 Å². The molecular weight excluding hydrogens is 190 g/mol. The Labute approximate surface area is 89.9 Å². The zero-order chi connectivity index (χ0) is 10.5. The Morgan fingerprint density at radius 2 is 1.87 bits per heavy atom. The fraction of sp³-hybridized carbons (Fsp3) is 0.636. The summed E-state index contributed by atoms with van der Waals surface area (Å²) < 4.78 is 5.79. The molecule has 0 spiro atoms. The molecule has 0 bridgehead atoms. The molecule has 1 aliphatic rings. The average Bonchev–Trinajstić information content (AvgIpc) is 2.31. The summed E-state index contributed by atoms with van der Waals surface area (Å²) in [5.74, 6) is 1.42. The van der Waals surface area contributed by atoms with Gasteiger partial charge in [0, 0.05) is 0 Å². The molecule has 2 N–H and O–H groups in total. The molecule has 1 heterocycles. The summed E-state index contributed by atoms with van der Waals surface area (Å²) in [7, 11) is 0. The van der Waals surface area contributed by atoms with Gasteiger partial charge in [0.15, 0.2) is 5.75 Å². The molecule has 0 amide bonds. The van der Waals surface area contributed by atoms with Crippen LogP contribution in [0.4, 0.5) is 0 Å². The first-order chi connectivity index (χ1) is 7.38. The van der Waals surface area contributed by atoms with Gasteiger partial charge in [-0.3, -0.25) is 0 Å². The lowest BCUT2D eigenvalue weighted by molar-refractivity contribution is 0.153. The molecule has 0 saturated heterocycles. The lowest BCUT2D eigenvalue weighted by atomic mass is 9.98. The van der Waals surface area contributed by atoms with Gasteiger partial charge in [-0.1, -0.05) is 6.42 Å². The van der Waals surface area contributed by atoms with Crippen LogP contribution in [-0.4, -0.2) is 16.1 Å². The third-order valence-corrected chi connectivity index (χ3v) is 2.72. The summed E-state index contributed by atoms with van der Waals surface area (Å²) >= 11 is 0. The summed E-state index contributed by atoms with van der Waals surface area (Å²) in [5, 5.41) is 0. The zero-order valence-corrected chi connectivity index (χ0v) is 8.85. The van der Waals surface area contributed by atoms with Crippen LogP contribution >= 0.6 is 0 Å². The number of ether oxygens (including phenoxy) is 1. The highest BCUT2D eigenvalue weighted by Gasteiger charge is 2.14. The van der Waals surface area contributed by atoms with Gasteiger partial charge in [0.1, 0.15) is 5.82 Å². The van der Waals surface area contributed by atoms with E-state index in [-0.39, 0.29) is 0 Å². The SMILES string of the molecule is NCc1ncc(OC2CCCCC2)cn1. The molecule has 1 aromatic heterocycles. The summed E-state index contributed by atoms with van der Waals surface area (Å²) in [6.45, 7) is 0.379. The van der Waals surface area contributed by atoms with Gasteiger partial charge in [0.2, 0.25) is 0 Å². The molecule has 0 aliphatic heterocycles. The molecule has 82 valence electrons. The molecule has 0 atom stereocenters. The maximum absolute atomic E-state index is 5.79. The highest BCUT2D eigenvalue weighted by molar-refractivity contribution is 5.12.